The molecule has 0 bridgehead atoms. The minimum Gasteiger partial charge on any atom is -0.361 e. The van der Waals surface area contributed by atoms with Crippen LogP contribution in [0.2, 0.25) is 0 Å². The Balaban J connectivity index is 2.62. The lowest BCUT2D eigenvalue weighted by Gasteiger charge is -2.20. The van der Waals surface area contributed by atoms with Crippen LogP contribution < -0.4 is 0 Å². The summed E-state index contributed by atoms with van der Waals surface area (Å²) in [6, 6.07) is 0. The fourth-order valence-electron chi connectivity index (χ4n) is 1.25. The molecule has 2 atom stereocenters. The molecule has 0 spiro atoms. The Kier molecular flexibility index (Phi) is 6.11. The van der Waals surface area contributed by atoms with Gasteiger partial charge in [-0.15, -0.1) is 0 Å². The highest BCUT2D eigenvalue weighted by molar-refractivity contribution is 14.2. The quantitative estimate of drug-likeness (QED) is 0.416. The Labute approximate surface area is 112 Å². The van der Waals surface area contributed by atoms with Crippen molar-refractivity contribution in [2.75, 3.05) is 7.11 Å². The van der Waals surface area contributed by atoms with Crippen molar-refractivity contribution in [3.05, 3.63) is 0 Å². The average molecular weight is 379 g/mol. The maximum absolute atomic E-state index is 11.8. The maximum Gasteiger partial charge on any atom is 0.245 e. The van der Waals surface area contributed by atoms with Crippen molar-refractivity contribution in [3.8, 4) is 0 Å². The molecular weight excluding hydrogens is 369 g/mol. The second-order valence-electron chi connectivity index (χ2n) is 2.86. The molecule has 0 aromatic heterocycles. The molecule has 8 heteroatoms. The molecule has 1 rings (SSSR count). The third-order valence-corrected chi connectivity index (χ3v) is 8.98. The van der Waals surface area contributed by atoms with Crippen LogP contribution in [0.1, 0.15) is 13.3 Å². The molecule has 0 saturated carbocycles. The number of likely N-dealkylation sites (tertiary alicyclic amines) is 1. The topological polar surface area (TPSA) is 46.6 Å². The van der Waals surface area contributed by atoms with Gasteiger partial charge in [-0.3, -0.25) is 14.5 Å². The van der Waals surface area contributed by atoms with Gasteiger partial charge in [0.1, 0.15) is 11.5 Å². The van der Waals surface area contributed by atoms with E-state index in [9.17, 15) is 9.59 Å². The van der Waals surface area contributed by atoms with Crippen molar-refractivity contribution in [1.82, 2.24) is 4.90 Å². The second kappa shape index (κ2) is 6.58. The van der Waals surface area contributed by atoms with E-state index in [0.717, 1.165) is 0 Å². The van der Waals surface area contributed by atoms with Gasteiger partial charge in [0.15, 0.2) is 0 Å². The standard InChI is InChI=1S/C7H10INO3S3/c1-4(12-2)9-6(10)3-5(7(9)11)13-15-14-8/h4-5H,3H2,1-2H3. The first-order valence-electron chi connectivity index (χ1n) is 4.11. The zero-order chi connectivity index (χ0) is 11.4. The molecule has 4 nitrogen and oxygen atoms in total. The molecule has 2 unspecified atom stereocenters. The molecule has 2 amide bonds. The summed E-state index contributed by atoms with van der Waals surface area (Å²) in [4.78, 5) is 24.6. The fourth-order valence-corrected chi connectivity index (χ4v) is 6.01. The van der Waals surface area contributed by atoms with Crippen LogP contribution in [0.5, 0.6) is 0 Å². The molecule has 0 aromatic rings. The summed E-state index contributed by atoms with van der Waals surface area (Å²) in [5.74, 6) is -0.289. The van der Waals surface area contributed by atoms with Crippen LogP contribution in [-0.2, 0) is 14.3 Å². The predicted octanol–water partition coefficient (Wildman–Crippen LogP) is 2.49. The number of carbonyl (C=O) groups is 2. The normalized spacial score (nSPS) is 23.7. The Morgan fingerprint density at radius 2 is 2.27 bits per heavy atom. The van der Waals surface area contributed by atoms with Gasteiger partial charge in [0.2, 0.25) is 11.8 Å². The van der Waals surface area contributed by atoms with Crippen molar-refractivity contribution < 1.29 is 14.3 Å². The van der Waals surface area contributed by atoms with Gasteiger partial charge in [-0.2, -0.15) is 0 Å². The molecule has 0 N–H and O–H groups in total. The Bertz CT molecular complexity index is 266. The van der Waals surface area contributed by atoms with Gasteiger partial charge in [-0.25, -0.2) is 0 Å². The third-order valence-electron chi connectivity index (χ3n) is 2.03. The Hall–Kier alpha value is 0.880. The van der Waals surface area contributed by atoms with E-state index in [1.165, 1.54) is 32.6 Å². The van der Waals surface area contributed by atoms with E-state index in [0.29, 0.717) is 0 Å². The highest BCUT2D eigenvalue weighted by atomic mass is 127. The number of carbonyl (C=O) groups excluding carboxylic acids is 2. The van der Waals surface area contributed by atoms with Gasteiger partial charge in [0.05, 0.1) is 0 Å². The van der Waals surface area contributed by atoms with Gasteiger partial charge < -0.3 is 4.74 Å². The van der Waals surface area contributed by atoms with E-state index in [2.05, 4.69) is 21.2 Å². The van der Waals surface area contributed by atoms with Gasteiger partial charge >= 0.3 is 0 Å². The molecule has 0 radical (unpaired) electrons. The zero-order valence-corrected chi connectivity index (χ0v) is 12.7. The van der Waals surface area contributed by atoms with E-state index in [4.69, 9.17) is 4.74 Å². The molecule has 15 heavy (non-hydrogen) atoms. The minimum atomic E-state index is -0.465. The van der Waals surface area contributed by atoms with E-state index in [1.807, 2.05) is 0 Å². The minimum absolute atomic E-state index is 0.141. The number of methoxy groups -OCH3 is 1. The van der Waals surface area contributed by atoms with Crippen LogP contribution in [0.4, 0.5) is 0 Å². The van der Waals surface area contributed by atoms with Gasteiger partial charge in [0, 0.05) is 34.7 Å². The number of halogens is 1. The van der Waals surface area contributed by atoms with E-state index < -0.39 is 6.23 Å². The summed E-state index contributed by atoms with van der Waals surface area (Å²) >= 11 is 2.14. The summed E-state index contributed by atoms with van der Waals surface area (Å²) in [6.07, 6.45) is -0.186. The van der Waals surface area contributed by atoms with Crippen LogP contribution >= 0.6 is 49.8 Å². The van der Waals surface area contributed by atoms with Gasteiger partial charge in [0.25, 0.3) is 0 Å². The molecule has 86 valence electrons. The Morgan fingerprint density at radius 3 is 2.80 bits per heavy atom. The highest BCUT2D eigenvalue weighted by Crippen LogP contribution is 2.44. The number of ether oxygens (including phenoxy) is 1. The summed E-state index contributed by atoms with van der Waals surface area (Å²) in [5.41, 5.74) is 0. The lowest BCUT2D eigenvalue weighted by atomic mass is 10.4. The molecular formula is C7H10INO3S3. The summed E-state index contributed by atoms with van der Waals surface area (Å²) in [5, 5.41) is -0.262. The van der Waals surface area contributed by atoms with Crippen LogP contribution in [0.3, 0.4) is 0 Å². The van der Waals surface area contributed by atoms with Gasteiger partial charge in [-0.1, -0.05) is 10.8 Å². The molecule has 1 saturated heterocycles. The lowest BCUT2D eigenvalue weighted by Crippen LogP contribution is -2.39. The van der Waals surface area contributed by atoms with Crippen LogP contribution in [-0.4, -0.2) is 35.3 Å². The maximum atomic E-state index is 11.8. The first-order valence-corrected chi connectivity index (χ1v) is 10.2. The SMILES string of the molecule is COC(C)N1C(=O)CC(SSSI)C1=O. The monoisotopic (exact) mass is 379 g/mol. The second-order valence-corrected chi connectivity index (χ2v) is 9.71. The van der Waals surface area contributed by atoms with Gasteiger partial charge in [-0.05, 0) is 24.7 Å². The third kappa shape index (κ3) is 3.42. The lowest BCUT2D eigenvalue weighted by molar-refractivity contribution is -0.150. The number of hydrogen-bond donors (Lipinski definition) is 0. The summed E-state index contributed by atoms with van der Waals surface area (Å²) in [7, 11) is 5.97. The largest absolute Gasteiger partial charge is 0.361 e. The highest BCUT2D eigenvalue weighted by Gasteiger charge is 2.41. The van der Waals surface area contributed by atoms with Crippen LogP contribution in [0, 0.1) is 0 Å². The van der Waals surface area contributed by atoms with Crippen LogP contribution in [0.25, 0.3) is 0 Å². The number of nitrogens with zero attached hydrogens (tertiary/aromatic N) is 1. The van der Waals surface area contributed by atoms with Crippen molar-refractivity contribution in [2.24, 2.45) is 0 Å². The van der Waals surface area contributed by atoms with Crippen molar-refractivity contribution in [3.63, 3.8) is 0 Å². The molecule has 0 aromatic carbocycles. The van der Waals surface area contributed by atoms with Crippen molar-refractivity contribution >= 4 is 61.6 Å². The molecule has 1 heterocycles. The first-order chi connectivity index (χ1) is 7.11. The zero-order valence-electron chi connectivity index (χ0n) is 8.14. The molecule has 1 aliphatic heterocycles. The number of imide groups is 1. The molecule has 1 fully saturated rings. The first kappa shape index (κ1) is 13.9. The van der Waals surface area contributed by atoms with Crippen molar-refractivity contribution in [2.45, 2.75) is 24.8 Å². The predicted molar refractivity (Wildman–Crippen MR) is 73.5 cm³/mol. The van der Waals surface area contributed by atoms with Crippen molar-refractivity contribution in [1.29, 1.82) is 0 Å². The number of rotatable bonds is 5. The summed E-state index contributed by atoms with van der Waals surface area (Å²) in [6.45, 7) is 1.70. The van der Waals surface area contributed by atoms with E-state index >= 15 is 0 Å². The summed E-state index contributed by atoms with van der Waals surface area (Å²) < 4.78 is 4.99. The van der Waals surface area contributed by atoms with E-state index in [1.54, 1.807) is 14.9 Å². The number of amides is 2. The number of hydrogen-bond acceptors (Lipinski definition) is 6. The average Bonchev–Trinajstić information content (AvgIpc) is 2.50. The van der Waals surface area contributed by atoms with E-state index in [-0.39, 0.29) is 23.5 Å². The fraction of sp³-hybridized carbons (Fsp3) is 0.714. The van der Waals surface area contributed by atoms with Crippen LogP contribution in [0.15, 0.2) is 0 Å². The molecule has 0 aliphatic carbocycles. The Morgan fingerprint density at radius 1 is 1.60 bits per heavy atom. The smallest absolute Gasteiger partial charge is 0.245 e. The molecule has 1 aliphatic rings.